The molecule has 0 bridgehead atoms. The first-order chi connectivity index (χ1) is 9.47. The maximum absolute atomic E-state index is 13.3. The highest BCUT2D eigenvalue weighted by atomic mass is 79.9. The van der Waals surface area contributed by atoms with E-state index in [0.717, 1.165) is 4.47 Å². The lowest BCUT2D eigenvalue weighted by molar-refractivity contribution is 0.190. The molecule has 0 aliphatic rings. The second-order valence-corrected chi connectivity index (χ2v) is 5.72. The van der Waals surface area contributed by atoms with Crippen molar-refractivity contribution in [3.8, 4) is 5.75 Å². The maximum Gasteiger partial charge on any atom is 0.142 e. The van der Waals surface area contributed by atoms with Crippen LogP contribution in [0.2, 0.25) is 5.02 Å². The summed E-state index contributed by atoms with van der Waals surface area (Å²) in [6.07, 6.45) is -0.649. The Morgan fingerprint density at radius 1 is 1.30 bits per heavy atom. The molecule has 0 aliphatic carbocycles. The second kappa shape index (κ2) is 6.57. The Balaban J connectivity index is 2.16. The molecule has 2 aromatic rings. The number of benzene rings is 2. The van der Waals surface area contributed by atoms with E-state index in [4.69, 9.17) is 16.3 Å². The molecule has 0 spiro atoms. The van der Waals surface area contributed by atoms with E-state index in [1.807, 2.05) is 6.07 Å². The first-order valence-corrected chi connectivity index (χ1v) is 7.18. The van der Waals surface area contributed by atoms with E-state index in [1.54, 1.807) is 25.1 Å². The average molecular weight is 360 g/mol. The maximum atomic E-state index is 13.3. The normalized spacial score (nSPS) is 12.2. The van der Waals surface area contributed by atoms with Crippen molar-refractivity contribution in [2.75, 3.05) is 0 Å². The van der Waals surface area contributed by atoms with E-state index >= 15 is 0 Å². The highest BCUT2D eigenvalue weighted by molar-refractivity contribution is 9.10. The Bertz CT molecular complexity index is 617. The van der Waals surface area contributed by atoms with Crippen molar-refractivity contribution in [1.29, 1.82) is 0 Å². The zero-order valence-electron chi connectivity index (χ0n) is 10.7. The molecule has 1 atom stereocenters. The Hall–Kier alpha value is -1.10. The van der Waals surface area contributed by atoms with Crippen LogP contribution >= 0.6 is 27.5 Å². The van der Waals surface area contributed by atoms with Gasteiger partial charge in [0.2, 0.25) is 0 Å². The summed E-state index contributed by atoms with van der Waals surface area (Å²) >= 11 is 8.98. The van der Waals surface area contributed by atoms with Crippen molar-refractivity contribution < 1.29 is 14.2 Å². The molecule has 2 rings (SSSR count). The van der Waals surface area contributed by atoms with Crippen LogP contribution in [0.25, 0.3) is 0 Å². The van der Waals surface area contributed by atoms with Crippen molar-refractivity contribution in [3.63, 3.8) is 0 Å². The quantitative estimate of drug-likeness (QED) is 0.843. The summed E-state index contributed by atoms with van der Waals surface area (Å²) in [6, 6.07) is 9.91. The van der Waals surface area contributed by atoms with Gasteiger partial charge in [-0.3, -0.25) is 0 Å². The molecule has 5 heteroatoms. The van der Waals surface area contributed by atoms with Crippen molar-refractivity contribution >= 4 is 27.5 Å². The number of halogens is 3. The van der Waals surface area contributed by atoms with Crippen molar-refractivity contribution in [2.45, 2.75) is 19.6 Å². The third-order valence-corrected chi connectivity index (χ3v) is 3.60. The molecular weight excluding hydrogens is 347 g/mol. The van der Waals surface area contributed by atoms with E-state index in [0.29, 0.717) is 16.9 Å². The number of ether oxygens (including phenoxy) is 1. The third kappa shape index (κ3) is 3.72. The van der Waals surface area contributed by atoms with Crippen molar-refractivity contribution in [3.05, 3.63) is 62.8 Å². The first kappa shape index (κ1) is 15.3. The van der Waals surface area contributed by atoms with Crippen LogP contribution in [0.3, 0.4) is 0 Å². The van der Waals surface area contributed by atoms with Gasteiger partial charge in [-0.2, -0.15) is 0 Å². The van der Waals surface area contributed by atoms with E-state index < -0.39 is 11.9 Å². The molecule has 0 heterocycles. The van der Waals surface area contributed by atoms with Crippen LogP contribution in [0.4, 0.5) is 4.39 Å². The van der Waals surface area contributed by atoms with E-state index in [2.05, 4.69) is 15.9 Å². The molecule has 2 aromatic carbocycles. The van der Waals surface area contributed by atoms with Gasteiger partial charge >= 0.3 is 0 Å². The minimum Gasteiger partial charge on any atom is -0.489 e. The lowest BCUT2D eigenvalue weighted by Crippen LogP contribution is -2.01. The highest BCUT2D eigenvalue weighted by Crippen LogP contribution is 2.29. The number of hydrogen-bond acceptors (Lipinski definition) is 2. The van der Waals surface area contributed by atoms with E-state index in [-0.39, 0.29) is 11.6 Å². The summed E-state index contributed by atoms with van der Waals surface area (Å²) in [4.78, 5) is 0. The van der Waals surface area contributed by atoms with Crippen molar-refractivity contribution in [1.82, 2.24) is 0 Å². The van der Waals surface area contributed by atoms with Gasteiger partial charge in [-0.1, -0.05) is 33.6 Å². The fraction of sp³-hybridized carbons (Fsp3) is 0.200. The van der Waals surface area contributed by atoms with Crippen LogP contribution in [0, 0.1) is 5.82 Å². The molecule has 2 nitrogen and oxygen atoms in total. The smallest absolute Gasteiger partial charge is 0.142 e. The molecule has 0 aliphatic heterocycles. The summed E-state index contributed by atoms with van der Waals surface area (Å²) < 4.78 is 19.8. The van der Waals surface area contributed by atoms with Gasteiger partial charge in [-0.15, -0.1) is 0 Å². The van der Waals surface area contributed by atoms with Crippen LogP contribution in [-0.2, 0) is 6.61 Å². The van der Waals surface area contributed by atoms with Crippen LogP contribution in [-0.4, -0.2) is 5.11 Å². The summed E-state index contributed by atoms with van der Waals surface area (Å²) in [5.74, 6) is 0.0953. The Labute approximate surface area is 130 Å². The lowest BCUT2D eigenvalue weighted by atomic mass is 10.1. The van der Waals surface area contributed by atoms with Gasteiger partial charge in [0.1, 0.15) is 18.2 Å². The lowest BCUT2D eigenvalue weighted by Gasteiger charge is -2.14. The summed E-state index contributed by atoms with van der Waals surface area (Å²) in [5, 5.41) is 9.81. The molecule has 0 aromatic heterocycles. The predicted molar refractivity (Wildman–Crippen MR) is 80.5 cm³/mol. The molecule has 0 radical (unpaired) electrons. The molecule has 1 N–H and O–H groups in total. The molecule has 0 saturated heterocycles. The van der Waals surface area contributed by atoms with Gasteiger partial charge < -0.3 is 9.84 Å². The van der Waals surface area contributed by atoms with Gasteiger partial charge in [-0.05, 0) is 42.8 Å². The molecule has 0 fully saturated rings. The zero-order chi connectivity index (χ0) is 14.7. The topological polar surface area (TPSA) is 29.5 Å². The van der Waals surface area contributed by atoms with Gasteiger partial charge in [0, 0.05) is 10.0 Å². The zero-order valence-corrected chi connectivity index (χ0v) is 13.1. The highest BCUT2D eigenvalue weighted by Gasteiger charge is 2.10. The largest absolute Gasteiger partial charge is 0.489 e. The number of rotatable bonds is 4. The SMILES string of the molecule is CC(O)c1cc(Br)ccc1OCc1ccc(Cl)c(F)c1. The second-order valence-electron chi connectivity index (χ2n) is 4.40. The molecule has 106 valence electrons. The number of aliphatic hydroxyl groups is 1. The molecule has 0 amide bonds. The van der Waals surface area contributed by atoms with Gasteiger partial charge in [-0.25, -0.2) is 4.39 Å². The van der Waals surface area contributed by atoms with E-state index in [1.165, 1.54) is 12.1 Å². The predicted octanol–water partition coefficient (Wildman–Crippen LogP) is 4.87. The van der Waals surface area contributed by atoms with Crippen LogP contribution in [0.1, 0.15) is 24.2 Å². The summed E-state index contributed by atoms with van der Waals surface area (Å²) in [6.45, 7) is 1.87. The Morgan fingerprint density at radius 2 is 2.05 bits per heavy atom. The van der Waals surface area contributed by atoms with Crippen molar-refractivity contribution in [2.24, 2.45) is 0 Å². The van der Waals surface area contributed by atoms with Gasteiger partial charge in [0.05, 0.1) is 11.1 Å². The number of aliphatic hydroxyl groups excluding tert-OH is 1. The molecule has 1 unspecified atom stereocenters. The Kier molecular flexibility index (Phi) is 5.02. The summed E-state index contributed by atoms with van der Waals surface area (Å²) in [5.41, 5.74) is 1.35. The molecule has 0 saturated carbocycles. The number of hydrogen-bond donors (Lipinski definition) is 1. The third-order valence-electron chi connectivity index (χ3n) is 2.80. The van der Waals surface area contributed by atoms with E-state index in [9.17, 15) is 9.50 Å². The monoisotopic (exact) mass is 358 g/mol. The van der Waals surface area contributed by atoms with Crippen LogP contribution in [0.15, 0.2) is 40.9 Å². The fourth-order valence-corrected chi connectivity index (χ4v) is 2.26. The van der Waals surface area contributed by atoms with Crippen LogP contribution in [0.5, 0.6) is 5.75 Å². The molecule has 20 heavy (non-hydrogen) atoms. The van der Waals surface area contributed by atoms with Gasteiger partial charge in [0.25, 0.3) is 0 Å². The van der Waals surface area contributed by atoms with Gasteiger partial charge in [0.15, 0.2) is 0 Å². The minimum absolute atomic E-state index is 0.0852. The average Bonchev–Trinajstić information content (AvgIpc) is 2.41. The fourth-order valence-electron chi connectivity index (χ4n) is 1.77. The standard InChI is InChI=1S/C15H13BrClFO2/c1-9(19)12-7-11(16)3-5-15(12)20-8-10-2-4-13(17)14(18)6-10/h2-7,9,19H,8H2,1H3. The van der Waals surface area contributed by atoms with Crippen LogP contribution < -0.4 is 4.74 Å². The Morgan fingerprint density at radius 3 is 2.70 bits per heavy atom. The minimum atomic E-state index is -0.649. The molecular formula is C15H13BrClFO2. The first-order valence-electron chi connectivity index (χ1n) is 6.01. The summed E-state index contributed by atoms with van der Waals surface area (Å²) in [7, 11) is 0.